The molecule has 4 nitrogen and oxygen atoms in total. The number of nitrogens with one attached hydrogen (secondary N) is 1. The standard InChI is InChI=1S/C16H26N2O2/c1-13(9-10-17)7-8-16(20)18-15-6-2-4-14(12-15)5-3-11-19/h2,4,6,12-13,19H,3,5,7-11,17H2,1H3,(H,18,20). The lowest BCUT2D eigenvalue weighted by Crippen LogP contribution is -2.14. The molecule has 0 aliphatic rings. The summed E-state index contributed by atoms with van der Waals surface area (Å²) in [4.78, 5) is 11.9. The number of carbonyl (C=O) groups excluding carboxylic acids is 1. The minimum Gasteiger partial charge on any atom is -0.396 e. The van der Waals surface area contributed by atoms with Gasteiger partial charge in [0.2, 0.25) is 5.91 Å². The monoisotopic (exact) mass is 278 g/mol. The normalized spacial score (nSPS) is 12.2. The molecule has 112 valence electrons. The van der Waals surface area contributed by atoms with Crippen molar-refractivity contribution < 1.29 is 9.90 Å². The van der Waals surface area contributed by atoms with E-state index in [2.05, 4.69) is 12.2 Å². The second kappa shape index (κ2) is 9.50. The van der Waals surface area contributed by atoms with Gasteiger partial charge in [-0.2, -0.15) is 0 Å². The fraction of sp³-hybridized carbons (Fsp3) is 0.562. The van der Waals surface area contributed by atoms with E-state index in [1.54, 1.807) is 0 Å². The molecule has 0 bridgehead atoms. The minimum absolute atomic E-state index is 0.0492. The third-order valence-corrected chi connectivity index (χ3v) is 3.36. The predicted molar refractivity (Wildman–Crippen MR) is 82.5 cm³/mol. The number of carbonyl (C=O) groups is 1. The second-order valence-corrected chi connectivity index (χ2v) is 5.30. The molecule has 0 saturated heterocycles. The molecule has 20 heavy (non-hydrogen) atoms. The predicted octanol–water partition coefficient (Wildman–Crippen LogP) is 2.32. The van der Waals surface area contributed by atoms with Crippen LogP contribution in [0.1, 0.15) is 38.2 Å². The lowest BCUT2D eigenvalue weighted by Gasteiger charge is -2.10. The highest BCUT2D eigenvalue weighted by molar-refractivity contribution is 5.90. The molecule has 1 rings (SSSR count). The Hall–Kier alpha value is -1.39. The number of nitrogens with two attached hydrogens (primary N) is 1. The van der Waals surface area contributed by atoms with E-state index in [1.165, 1.54) is 0 Å². The fourth-order valence-corrected chi connectivity index (χ4v) is 2.12. The maximum absolute atomic E-state index is 11.9. The van der Waals surface area contributed by atoms with Crippen molar-refractivity contribution in [3.63, 3.8) is 0 Å². The van der Waals surface area contributed by atoms with Crippen LogP contribution in [0.5, 0.6) is 0 Å². The molecule has 0 heterocycles. The van der Waals surface area contributed by atoms with Crippen LogP contribution in [0.25, 0.3) is 0 Å². The molecule has 0 radical (unpaired) electrons. The number of rotatable bonds is 9. The molecule has 4 heteroatoms. The summed E-state index contributed by atoms with van der Waals surface area (Å²) in [6.45, 7) is 2.99. The van der Waals surface area contributed by atoms with Crippen LogP contribution in [0, 0.1) is 5.92 Å². The van der Waals surface area contributed by atoms with Crippen LogP contribution in [-0.4, -0.2) is 24.2 Å². The van der Waals surface area contributed by atoms with Crippen LogP contribution < -0.4 is 11.1 Å². The van der Waals surface area contributed by atoms with Crippen LogP contribution >= 0.6 is 0 Å². The van der Waals surface area contributed by atoms with Gasteiger partial charge in [-0.25, -0.2) is 0 Å². The topological polar surface area (TPSA) is 75.4 Å². The maximum Gasteiger partial charge on any atom is 0.224 e. The van der Waals surface area contributed by atoms with E-state index >= 15 is 0 Å². The van der Waals surface area contributed by atoms with Crippen LogP contribution in [0.15, 0.2) is 24.3 Å². The Morgan fingerprint density at radius 1 is 1.40 bits per heavy atom. The van der Waals surface area contributed by atoms with Crippen molar-refractivity contribution in [2.45, 2.75) is 39.0 Å². The number of hydrogen-bond donors (Lipinski definition) is 3. The molecule has 0 aliphatic carbocycles. The Balaban J connectivity index is 2.41. The summed E-state index contributed by atoms with van der Waals surface area (Å²) in [6.07, 6.45) is 3.93. The van der Waals surface area contributed by atoms with Crippen LogP contribution in [-0.2, 0) is 11.2 Å². The quantitative estimate of drug-likeness (QED) is 0.649. The van der Waals surface area contributed by atoms with Crippen LogP contribution in [0.4, 0.5) is 5.69 Å². The van der Waals surface area contributed by atoms with Gasteiger partial charge in [-0.15, -0.1) is 0 Å². The van der Waals surface area contributed by atoms with Crippen molar-refractivity contribution in [3.8, 4) is 0 Å². The largest absolute Gasteiger partial charge is 0.396 e. The zero-order valence-electron chi connectivity index (χ0n) is 12.3. The van der Waals surface area contributed by atoms with Gasteiger partial charge in [0, 0.05) is 18.7 Å². The summed E-state index contributed by atoms with van der Waals surface area (Å²) in [5.41, 5.74) is 7.46. The smallest absolute Gasteiger partial charge is 0.224 e. The molecule has 1 unspecified atom stereocenters. The number of aliphatic hydroxyl groups excluding tert-OH is 1. The Morgan fingerprint density at radius 2 is 2.20 bits per heavy atom. The van der Waals surface area contributed by atoms with Gasteiger partial charge in [0.1, 0.15) is 0 Å². The van der Waals surface area contributed by atoms with Gasteiger partial charge < -0.3 is 16.2 Å². The van der Waals surface area contributed by atoms with Gasteiger partial charge in [-0.3, -0.25) is 4.79 Å². The Kier molecular flexibility index (Phi) is 7.92. The minimum atomic E-state index is 0.0492. The van der Waals surface area contributed by atoms with Crippen LogP contribution in [0.2, 0.25) is 0 Å². The van der Waals surface area contributed by atoms with Crippen molar-refractivity contribution >= 4 is 11.6 Å². The lowest BCUT2D eigenvalue weighted by molar-refractivity contribution is -0.116. The molecular weight excluding hydrogens is 252 g/mol. The van der Waals surface area contributed by atoms with Crippen molar-refractivity contribution in [3.05, 3.63) is 29.8 Å². The first-order valence-corrected chi connectivity index (χ1v) is 7.35. The van der Waals surface area contributed by atoms with E-state index in [9.17, 15) is 4.79 Å². The highest BCUT2D eigenvalue weighted by atomic mass is 16.2. The summed E-state index contributed by atoms with van der Waals surface area (Å²) in [5, 5.41) is 11.8. The number of anilines is 1. The first kappa shape index (κ1) is 16.7. The highest BCUT2D eigenvalue weighted by Crippen LogP contribution is 2.14. The number of aliphatic hydroxyl groups is 1. The Labute approximate surface area is 121 Å². The molecule has 0 spiro atoms. The summed E-state index contributed by atoms with van der Waals surface area (Å²) >= 11 is 0. The molecular formula is C16H26N2O2. The van der Waals surface area contributed by atoms with E-state index in [1.807, 2.05) is 24.3 Å². The summed E-state index contributed by atoms with van der Waals surface area (Å²) < 4.78 is 0. The summed E-state index contributed by atoms with van der Waals surface area (Å²) in [6, 6.07) is 7.80. The Bertz CT molecular complexity index is 407. The molecule has 1 aromatic rings. The zero-order chi connectivity index (χ0) is 14.8. The number of amides is 1. The van der Waals surface area contributed by atoms with E-state index in [0.717, 1.165) is 36.9 Å². The van der Waals surface area contributed by atoms with Crippen molar-refractivity contribution in [2.24, 2.45) is 11.7 Å². The second-order valence-electron chi connectivity index (χ2n) is 5.30. The number of benzene rings is 1. The zero-order valence-corrected chi connectivity index (χ0v) is 12.3. The van der Waals surface area contributed by atoms with E-state index in [-0.39, 0.29) is 12.5 Å². The van der Waals surface area contributed by atoms with E-state index < -0.39 is 0 Å². The molecule has 0 aromatic heterocycles. The van der Waals surface area contributed by atoms with Crippen molar-refractivity contribution in [1.29, 1.82) is 0 Å². The van der Waals surface area contributed by atoms with Gasteiger partial charge in [0.05, 0.1) is 0 Å². The number of aryl methyl sites for hydroxylation is 1. The van der Waals surface area contributed by atoms with Gasteiger partial charge in [-0.05, 0) is 55.8 Å². The highest BCUT2D eigenvalue weighted by Gasteiger charge is 2.07. The third kappa shape index (κ3) is 6.68. The molecule has 1 aromatic carbocycles. The summed E-state index contributed by atoms with van der Waals surface area (Å²) in [7, 11) is 0. The molecule has 0 saturated carbocycles. The molecule has 1 atom stereocenters. The van der Waals surface area contributed by atoms with Crippen molar-refractivity contribution in [1.82, 2.24) is 0 Å². The fourth-order valence-electron chi connectivity index (χ4n) is 2.12. The summed E-state index contributed by atoms with van der Waals surface area (Å²) in [5.74, 6) is 0.537. The lowest BCUT2D eigenvalue weighted by atomic mass is 10.0. The number of hydrogen-bond acceptors (Lipinski definition) is 3. The first-order valence-electron chi connectivity index (χ1n) is 7.35. The molecule has 4 N–H and O–H groups in total. The average Bonchev–Trinajstić information content (AvgIpc) is 2.44. The third-order valence-electron chi connectivity index (χ3n) is 3.36. The van der Waals surface area contributed by atoms with Crippen LogP contribution in [0.3, 0.4) is 0 Å². The Morgan fingerprint density at radius 3 is 2.90 bits per heavy atom. The van der Waals surface area contributed by atoms with E-state index in [4.69, 9.17) is 10.8 Å². The SMILES string of the molecule is CC(CCN)CCC(=O)Nc1cccc(CCCO)c1. The average molecular weight is 278 g/mol. The van der Waals surface area contributed by atoms with Gasteiger partial charge in [0.15, 0.2) is 0 Å². The molecule has 0 aliphatic heterocycles. The first-order chi connectivity index (χ1) is 9.65. The van der Waals surface area contributed by atoms with Gasteiger partial charge in [0.25, 0.3) is 0 Å². The maximum atomic E-state index is 11.9. The molecule has 0 fully saturated rings. The van der Waals surface area contributed by atoms with Gasteiger partial charge >= 0.3 is 0 Å². The van der Waals surface area contributed by atoms with Gasteiger partial charge in [-0.1, -0.05) is 19.1 Å². The van der Waals surface area contributed by atoms with E-state index in [0.29, 0.717) is 18.9 Å². The van der Waals surface area contributed by atoms with Crippen molar-refractivity contribution in [2.75, 3.05) is 18.5 Å². The molecule has 1 amide bonds.